The van der Waals surface area contributed by atoms with Crippen LogP contribution in [0.2, 0.25) is 5.02 Å². The van der Waals surface area contributed by atoms with Gasteiger partial charge in [0.15, 0.2) is 0 Å². The van der Waals surface area contributed by atoms with Gasteiger partial charge >= 0.3 is 11.9 Å². The van der Waals surface area contributed by atoms with Crippen molar-refractivity contribution in [2.45, 2.75) is 63.5 Å². The average molecular weight is 495 g/mol. The summed E-state index contributed by atoms with van der Waals surface area (Å²) in [5.41, 5.74) is -1.13. The summed E-state index contributed by atoms with van der Waals surface area (Å²) in [6, 6.07) is 18.0. The lowest BCUT2D eigenvalue weighted by Crippen LogP contribution is -2.69. The second-order valence-electron chi connectivity index (χ2n) is 10.2. The molecule has 0 bridgehead atoms. The third-order valence-electron chi connectivity index (χ3n) is 8.45. The molecular formula is C28H31ClN2O4. The van der Waals surface area contributed by atoms with Gasteiger partial charge in [-0.15, -0.1) is 0 Å². The predicted octanol–water partition coefficient (Wildman–Crippen LogP) is 5.44. The highest BCUT2D eigenvalue weighted by molar-refractivity contribution is 6.30. The molecule has 3 N–H and O–H groups in total. The van der Waals surface area contributed by atoms with E-state index in [0.29, 0.717) is 17.0 Å². The minimum absolute atomic E-state index is 0.00946. The molecule has 7 atom stereocenters. The molecule has 184 valence electrons. The van der Waals surface area contributed by atoms with Gasteiger partial charge in [-0.25, -0.2) is 0 Å². The molecular weight excluding hydrogens is 464 g/mol. The van der Waals surface area contributed by atoms with Crippen LogP contribution in [0.25, 0.3) is 0 Å². The van der Waals surface area contributed by atoms with Gasteiger partial charge < -0.3 is 15.5 Å². The van der Waals surface area contributed by atoms with Gasteiger partial charge in [0.2, 0.25) is 0 Å². The maximum absolute atomic E-state index is 13.3. The van der Waals surface area contributed by atoms with Crippen LogP contribution in [0.15, 0.2) is 54.6 Å². The van der Waals surface area contributed by atoms with Crippen molar-refractivity contribution in [1.82, 2.24) is 5.32 Å². The number of carbonyl (C=O) groups is 2. The van der Waals surface area contributed by atoms with E-state index in [-0.39, 0.29) is 24.7 Å². The van der Waals surface area contributed by atoms with Crippen LogP contribution in [0.5, 0.6) is 0 Å². The zero-order valence-corrected chi connectivity index (χ0v) is 20.7. The van der Waals surface area contributed by atoms with E-state index in [1.807, 2.05) is 25.1 Å². The Labute approximate surface area is 210 Å². The van der Waals surface area contributed by atoms with Crippen LogP contribution >= 0.6 is 11.6 Å². The van der Waals surface area contributed by atoms with Crippen LogP contribution in [0, 0.1) is 28.1 Å². The number of hydrogen-bond donors (Lipinski definition) is 3. The lowest BCUT2D eigenvalue weighted by atomic mass is 9.49. The maximum atomic E-state index is 13.3. The highest BCUT2D eigenvalue weighted by atomic mass is 35.5. The van der Waals surface area contributed by atoms with E-state index < -0.39 is 40.8 Å². The van der Waals surface area contributed by atoms with Crippen molar-refractivity contribution in [2.24, 2.45) is 16.7 Å². The molecule has 2 aromatic carbocycles. The first-order chi connectivity index (χ1) is 16.7. The number of nitrogens with one attached hydrogen (secondary N) is 1. The predicted molar refractivity (Wildman–Crippen MR) is 133 cm³/mol. The lowest BCUT2D eigenvalue weighted by Gasteiger charge is -2.57. The molecule has 2 fully saturated rings. The highest BCUT2D eigenvalue weighted by Crippen LogP contribution is 2.63. The van der Waals surface area contributed by atoms with Crippen molar-refractivity contribution < 1.29 is 19.8 Å². The van der Waals surface area contributed by atoms with Crippen LogP contribution in [-0.4, -0.2) is 34.2 Å². The highest BCUT2D eigenvalue weighted by Gasteiger charge is 2.68. The number of carboxylic acids is 2. The molecule has 7 heteroatoms. The molecule has 2 aromatic rings. The van der Waals surface area contributed by atoms with Crippen LogP contribution in [0.1, 0.15) is 62.5 Å². The molecule has 0 spiro atoms. The summed E-state index contributed by atoms with van der Waals surface area (Å²) in [7, 11) is 0. The number of piperidine rings is 1. The van der Waals surface area contributed by atoms with Gasteiger partial charge in [-0.3, -0.25) is 9.59 Å². The van der Waals surface area contributed by atoms with E-state index in [4.69, 9.17) is 11.6 Å². The normalized spacial score (nSPS) is 34.1. The van der Waals surface area contributed by atoms with Gasteiger partial charge in [-0.2, -0.15) is 5.26 Å². The van der Waals surface area contributed by atoms with Gasteiger partial charge in [-0.1, -0.05) is 54.1 Å². The van der Waals surface area contributed by atoms with Crippen molar-refractivity contribution in [1.29, 1.82) is 5.26 Å². The fourth-order valence-corrected chi connectivity index (χ4v) is 6.86. The van der Waals surface area contributed by atoms with Crippen LogP contribution in [0.4, 0.5) is 0 Å². The van der Waals surface area contributed by atoms with Gasteiger partial charge in [0.25, 0.3) is 0 Å². The summed E-state index contributed by atoms with van der Waals surface area (Å²) in [6.07, 6.45) is 1.25. The van der Waals surface area contributed by atoms with Crippen LogP contribution in [-0.2, 0) is 9.59 Å². The number of rotatable bonds is 8. The Bertz CT molecular complexity index is 1150. The first-order valence-corrected chi connectivity index (χ1v) is 12.5. The van der Waals surface area contributed by atoms with Crippen molar-refractivity contribution >= 4 is 23.5 Å². The zero-order valence-electron chi connectivity index (χ0n) is 19.9. The molecule has 1 aliphatic carbocycles. The topological polar surface area (TPSA) is 110 Å². The molecule has 4 rings (SSSR count). The third kappa shape index (κ3) is 4.22. The lowest BCUT2D eigenvalue weighted by molar-refractivity contribution is -0.174. The number of hydrogen-bond acceptors (Lipinski definition) is 4. The molecule has 1 aliphatic heterocycles. The summed E-state index contributed by atoms with van der Waals surface area (Å²) in [6.45, 7) is 3.63. The minimum atomic E-state index is -1.50. The first-order valence-electron chi connectivity index (χ1n) is 12.1. The molecule has 35 heavy (non-hydrogen) atoms. The molecule has 0 amide bonds. The molecule has 1 saturated heterocycles. The van der Waals surface area contributed by atoms with E-state index in [9.17, 15) is 25.1 Å². The standard InChI is InChI=1S/C28H31ClN2O4/c1-17-27(25(32)33,12-7-13-30)24(20-10-6-11-22(29)14-20)28(26(34)35,18(2)31-17)16-21-15-23(21)19-8-4-3-5-9-19/h3-6,8-11,14,17-18,21,23-24,31H,7,12,15-16H2,1-2H3,(H,32,33)(H,34,35). The number of carboxylic acid groups (broad SMARTS) is 2. The molecule has 1 heterocycles. The largest absolute Gasteiger partial charge is 0.481 e. The van der Waals surface area contributed by atoms with E-state index in [0.717, 1.165) is 6.42 Å². The fraction of sp³-hybridized carbons (Fsp3) is 0.464. The van der Waals surface area contributed by atoms with E-state index in [2.05, 4.69) is 23.5 Å². The van der Waals surface area contributed by atoms with Gasteiger partial charge in [0, 0.05) is 29.4 Å². The van der Waals surface area contributed by atoms with Crippen molar-refractivity contribution in [3.8, 4) is 6.07 Å². The Balaban J connectivity index is 1.89. The number of nitriles is 1. The van der Waals surface area contributed by atoms with Crippen LogP contribution in [0.3, 0.4) is 0 Å². The summed E-state index contributed by atoms with van der Waals surface area (Å²) >= 11 is 6.35. The Morgan fingerprint density at radius 2 is 1.66 bits per heavy atom. The summed E-state index contributed by atoms with van der Waals surface area (Å²) in [4.78, 5) is 26.4. The van der Waals surface area contributed by atoms with E-state index in [1.165, 1.54) is 5.56 Å². The van der Waals surface area contributed by atoms with Gasteiger partial charge in [-0.05, 0) is 68.2 Å². The van der Waals surface area contributed by atoms with Crippen molar-refractivity contribution in [2.75, 3.05) is 0 Å². The van der Waals surface area contributed by atoms with E-state index in [1.54, 1.807) is 31.2 Å². The summed E-state index contributed by atoms with van der Waals surface area (Å²) in [5.74, 6) is -2.62. The second kappa shape index (κ2) is 9.64. The third-order valence-corrected chi connectivity index (χ3v) is 8.69. The van der Waals surface area contributed by atoms with E-state index >= 15 is 0 Å². The first kappa shape index (κ1) is 25.2. The molecule has 6 nitrogen and oxygen atoms in total. The molecule has 7 unspecified atom stereocenters. The Morgan fingerprint density at radius 3 is 2.26 bits per heavy atom. The Morgan fingerprint density at radius 1 is 1.03 bits per heavy atom. The number of halogens is 1. The fourth-order valence-electron chi connectivity index (χ4n) is 6.66. The molecule has 1 saturated carbocycles. The smallest absolute Gasteiger partial charge is 0.311 e. The summed E-state index contributed by atoms with van der Waals surface area (Å²) in [5, 5.41) is 34.7. The monoisotopic (exact) mass is 494 g/mol. The SMILES string of the molecule is CC1NC(C)C(CC2CC2c2ccccc2)(C(=O)O)C(c2cccc(Cl)c2)C1(CCC#N)C(=O)O. The summed E-state index contributed by atoms with van der Waals surface area (Å²) < 4.78 is 0. The Hall–Kier alpha value is -2.88. The molecule has 2 aliphatic rings. The number of nitrogens with zero attached hydrogens (tertiary/aromatic N) is 1. The number of aliphatic carboxylic acids is 2. The zero-order chi connectivity index (χ0) is 25.4. The van der Waals surface area contributed by atoms with Crippen LogP contribution < -0.4 is 5.32 Å². The Kier molecular flexibility index (Phi) is 6.95. The van der Waals surface area contributed by atoms with Crippen molar-refractivity contribution in [3.05, 3.63) is 70.7 Å². The molecule has 0 aromatic heterocycles. The van der Waals surface area contributed by atoms with Gasteiger partial charge in [0.05, 0.1) is 16.9 Å². The molecule has 0 radical (unpaired) electrons. The maximum Gasteiger partial charge on any atom is 0.311 e. The average Bonchev–Trinajstić information content (AvgIpc) is 3.59. The van der Waals surface area contributed by atoms with Crippen molar-refractivity contribution in [3.63, 3.8) is 0 Å². The number of benzene rings is 2. The second-order valence-corrected chi connectivity index (χ2v) is 10.6. The quantitative estimate of drug-likeness (QED) is 0.450. The minimum Gasteiger partial charge on any atom is -0.481 e. The van der Waals surface area contributed by atoms with Gasteiger partial charge in [0.1, 0.15) is 0 Å².